The first-order valence-electron chi connectivity index (χ1n) is 15.9. The number of amides is 3. The van der Waals surface area contributed by atoms with E-state index in [9.17, 15) is 14.4 Å². The fourth-order valence-corrected chi connectivity index (χ4v) is 8.09. The topological polar surface area (TPSA) is 98.3 Å². The minimum Gasteiger partial charge on any atom is -0.489 e. The number of rotatable bonds is 8. The molecular formula is C33H42N6O4. The number of carbonyl (C=O) groups is 3. The number of hydrogen-bond donors (Lipinski definition) is 1. The second-order valence-corrected chi connectivity index (χ2v) is 13.4. The Morgan fingerprint density at radius 1 is 1.19 bits per heavy atom. The van der Waals surface area contributed by atoms with Gasteiger partial charge in [-0.1, -0.05) is 6.07 Å². The van der Waals surface area contributed by atoms with Gasteiger partial charge < -0.3 is 19.4 Å². The summed E-state index contributed by atoms with van der Waals surface area (Å²) in [4.78, 5) is 49.4. The predicted molar refractivity (Wildman–Crippen MR) is 163 cm³/mol. The minimum atomic E-state index is -0.324. The number of carbonyl (C=O) groups excluding carboxylic acids is 3. The summed E-state index contributed by atoms with van der Waals surface area (Å²) in [5.41, 5.74) is 3.25. The Labute approximate surface area is 253 Å². The number of anilines is 2. The molecule has 3 amide bonds. The van der Waals surface area contributed by atoms with Crippen LogP contribution in [0, 0.1) is 11.3 Å². The van der Waals surface area contributed by atoms with E-state index in [1.807, 2.05) is 30.2 Å². The SMILES string of the molecule is CC(CCC(=O)NC=O)N1Cc2c(ccc3c2OCC2CN(CC4CCC5(CC4)CN(c4ccccn4)C5)CCN32)C1=O. The fraction of sp³-hybridized carbons (Fsp3) is 0.576. The Balaban J connectivity index is 0.921. The average molecular weight is 587 g/mol. The summed E-state index contributed by atoms with van der Waals surface area (Å²) in [6.45, 7) is 9.58. The van der Waals surface area contributed by atoms with E-state index in [0.29, 0.717) is 43.0 Å². The molecule has 2 saturated heterocycles. The van der Waals surface area contributed by atoms with Crippen LogP contribution in [0.25, 0.3) is 0 Å². The van der Waals surface area contributed by atoms with Crippen molar-refractivity contribution in [2.75, 3.05) is 55.7 Å². The van der Waals surface area contributed by atoms with Crippen LogP contribution in [0.4, 0.5) is 11.5 Å². The van der Waals surface area contributed by atoms with E-state index >= 15 is 0 Å². The molecule has 10 heteroatoms. The molecule has 7 rings (SSSR count). The van der Waals surface area contributed by atoms with Gasteiger partial charge in [0, 0.05) is 74.5 Å². The first-order chi connectivity index (χ1) is 20.9. The Hall–Kier alpha value is -3.66. The van der Waals surface area contributed by atoms with Crippen LogP contribution in [0.5, 0.6) is 5.75 Å². The lowest BCUT2D eigenvalue weighted by molar-refractivity contribution is -0.125. The molecule has 3 fully saturated rings. The predicted octanol–water partition coefficient (Wildman–Crippen LogP) is 3.06. The van der Waals surface area contributed by atoms with Crippen LogP contribution in [-0.2, 0) is 16.1 Å². The molecule has 1 aromatic carbocycles. The van der Waals surface area contributed by atoms with Gasteiger partial charge in [0.05, 0.1) is 18.3 Å². The van der Waals surface area contributed by atoms with Crippen LogP contribution < -0.4 is 19.9 Å². The highest BCUT2D eigenvalue weighted by Crippen LogP contribution is 2.47. The van der Waals surface area contributed by atoms with Crippen molar-refractivity contribution in [1.82, 2.24) is 20.1 Å². The van der Waals surface area contributed by atoms with Gasteiger partial charge >= 0.3 is 0 Å². The molecule has 5 heterocycles. The zero-order valence-electron chi connectivity index (χ0n) is 25.0. The third-order valence-electron chi connectivity index (χ3n) is 10.6. The highest BCUT2D eigenvalue weighted by molar-refractivity contribution is 6.00. The lowest BCUT2D eigenvalue weighted by Gasteiger charge is -2.54. The molecule has 5 aliphatic rings. The van der Waals surface area contributed by atoms with Gasteiger partial charge in [0.15, 0.2) is 0 Å². The average Bonchev–Trinajstić information content (AvgIpc) is 3.36. The summed E-state index contributed by atoms with van der Waals surface area (Å²) in [6.07, 6.45) is 8.27. The number of piperazine rings is 1. The van der Waals surface area contributed by atoms with E-state index in [1.54, 1.807) is 0 Å². The highest BCUT2D eigenvalue weighted by Gasteiger charge is 2.46. The Kier molecular flexibility index (Phi) is 7.49. The van der Waals surface area contributed by atoms with E-state index in [4.69, 9.17) is 4.74 Å². The molecule has 1 N–H and O–H groups in total. The summed E-state index contributed by atoms with van der Waals surface area (Å²) in [5.74, 6) is 2.39. The van der Waals surface area contributed by atoms with Gasteiger partial charge in [-0.3, -0.25) is 24.6 Å². The van der Waals surface area contributed by atoms with E-state index in [-0.39, 0.29) is 24.3 Å². The van der Waals surface area contributed by atoms with Crippen molar-refractivity contribution in [3.8, 4) is 5.75 Å². The summed E-state index contributed by atoms with van der Waals surface area (Å²) in [6, 6.07) is 10.4. The molecule has 4 aliphatic heterocycles. The lowest BCUT2D eigenvalue weighted by Crippen LogP contribution is -2.59. The van der Waals surface area contributed by atoms with Crippen molar-refractivity contribution in [3.63, 3.8) is 0 Å². The third-order valence-corrected chi connectivity index (χ3v) is 10.6. The van der Waals surface area contributed by atoms with E-state index in [2.05, 4.69) is 43.2 Å². The second kappa shape index (κ2) is 11.4. The summed E-state index contributed by atoms with van der Waals surface area (Å²) < 4.78 is 6.42. The van der Waals surface area contributed by atoms with E-state index in [1.165, 1.54) is 32.2 Å². The van der Waals surface area contributed by atoms with E-state index in [0.717, 1.165) is 61.5 Å². The van der Waals surface area contributed by atoms with Crippen molar-refractivity contribution in [2.24, 2.45) is 11.3 Å². The quantitative estimate of drug-likeness (QED) is 0.472. The van der Waals surface area contributed by atoms with Gasteiger partial charge in [-0.25, -0.2) is 4.98 Å². The van der Waals surface area contributed by atoms with Gasteiger partial charge in [-0.15, -0.1) is 0 Å². The molecule has 228 valence electrons. The smallest absolute Gasteiger partial charge is 0.254 e. The van der Waals surface area contributed by atoms with Gasteiger partial charge in [0.1, 0.15) is 18.2 Å². The van der Waals surface area contributed by atoms with Crippen molar-refractivity contribution in [1.29, 1.82) is 0 Å². The molecule has 10 nitrogen and oxygen atoms in total. The maximum absolute atomic E-state index is 13.2. The van der Waals surface area contributed by atoms with E-state index < -0.39 is 0 Å². The number of nitrogens with one attached hydrogen (secondary N) is 1. The van der Waals surface area contributed by atoms with Crippen LogP contribution in [0.2, 0.25) is 0 Å². The molecule has 1 saturated carbocycles. The molecule has 43 heavy (non-hydrogen) atoms. The zero-order valence-corrected chi connectivity index (χ0v) is 25.0. The second-order valence-electron chi connectivity index (χ2n) is 13.4. The molecule has 2 aromatic rings. The molecule has 1 aliphatic carbocycles. The number of hydrogen-bond acceptors (Lipinski definition) is 8. The fourth-order valence-electron chi connectivity index (χ4n) is 8.09. The normalized spacial score (nSPS) is 23.6. The molecular weight excluding hydrogens is 544 g/mol. The highest BCUT2D eigenvalue weighted by atomic mass is 16.5. The minimum absolute atomic E-state index is 0.0164. The van der Waals surface area contributed by atoms with Crippen molar-refractivity contribution in [2.45, 2.75) is 64.1 Å². The van der Waals surface area contributed by atoms with Crippen LogP contribution >= 0.6 is 0 Å². The van der Waals surface area contributed by atoms with Crippen molar-refractivity contribution >= 4 is 29.7 Å². The largest absolute Gasteiger partial charge is 0.489 e. The summed E-state index contributed by atoms with van der Waals surface area (Å²) >= 11 is 0. The van der Waals surface area contributed by atoms with Crippen molar-refractivity contribution in [3.05, 3.63) is 47.7 Å². The maximum atomic E-state index is 13.2. The standard InChI is InChI=1S/C33H42N6O4/c1-23(5-8-30(41)35-22-40)39-18-27-26(32(39)42)6-7-28-31(27)43-19-25-17-36(14-15-38(25)28)16-24-9-11-33(12-10-24)20-37(21-33)29-4-2-3-13-34-29/h2-4,6-7,13,22-25H,5,8-12,14-21H2,1H3,(H,35,40,41). The molecule has 2 atom stereocenters. The number of aromatic nitrogens is 1. The number of imide groups is 1. The van der Waals surface area contributed by atoms with Crippen LogP contribution in [-0.4, -0.2) is 91.0 Å². The first-order valence-corrected chi connectivity index (χ1v) is 15.9. The Morgan fingerprint density at radius 2 is 2.02 bits per heavy atom. The zero-order chi connectivity index (χ0) is 29.6. The molecule has 2 unspecified atom stereocenters. The molecule has 0 bridgehead atoms. The van der Waals surface area contributed by atoms with Gasteiger partial charge in [-0.2, -0.15) is 0 Å². The molecule has 1 spiro atoms. The number of pyridine rings is 1. The maximum Gasteiger partial charge on any atom is 0.254 e. The molecule has 0 radical (unpaired) electrons. The number of ether oxygens (including phenoxy) is 1. The van der Waals surface area contributed by atoms with Crippen LogP contribution in [0.3, 0.4) is 0 Å². The Bertz CT molecular complexity index is 1370. The van der Waals surface area contributed by atoms with Gasteiger partial charge in [0.25, 0.3) is 5.91 Å². The lowest BCUT2D eigenvalue weighted by atomic mass is 9.66. The number of fused-ring (bicyclic) bond motifs is 5. The van der Waals surface area contributed by atoms with Gasteiger partial charge in [0.2, 0.25) is 12.3 Å². The number of nitrogens with zero attached hydrogens (tertiary/aromatic N) is 5. The monoisotopic (exact) mass is 586 g/mol. The van der Waals surface area contributed by atoms with Crippen LogP contribution in [0.15, 0.2) is 36.5 Å². The van der Waals surface area contributed by atoms with Crippen LogP contribution in [0.1, 0.15) is 61.4 Å². The number of benzene rings is 1. The summed E-state index contributed by atoms with van der Waals surface area (Å²) in [7, 11) is 0. The third kappa shape index (κ3) is 5.34. The van der Waals surface area contributed by atoms with Crippen molar-refractivity contribution < 1.29 is 19.1 Å². The first kappa shape index (κ1) is 28.1. The molecule has 1 aromatic heterocycles. The Morgan fingerprint density at radius 3 is 2.79 bits per heavy atom. The summed E-state index contributed by atoms with van der Waals surface area (Å²) in [5, 5.41) is 2.17. The van der Waals surface area contributed by atoms with Gasteiger partial charge in [-0.05, 0) is 69.2 Å².